The number of rotatable bonds is 5. The van der Waals surface area contributed by atoms with Gasteiger partial charge in [-0.15, -0.1) is 5.10 Å². The van der Waals surface area contributed by atoms with Crippen LogP contribution in [0.25, 0.3) is 11.4 Å². The van der Waals surface area contributed by atoms with Crippen LogP contribution in [0.1, 0.15) is 26.3 Å². The average Bonchev–Trinajstić information content (AvgIpc) is 2.84. The highest BCUT2D eigenvalue weighted by Crippen LogP contribution is 2.35. The number of hydrogen-bond donors (Lipinski definition) is 1. The van der Waals surface area contributed by atoms with Crippen LogP contribution in [0.4, 0.5) is 0 Å². The zero-order chi connectivity index (χ0) is 15.6. The summed E-state index contributed by atoms with van der Waals surface area (Å²) in [5.74, 6) is -0.518. The molecule has 1 aromatic carbocycles. The standard InChI is InChI=1S/C13H14Cl2N4O2/c1-7(2)10(6-11(20)21)19-13(16-17-18-19)12-8(14)4-3-5-9(12)15/h3-5,7,10H,6H2,1-2H3,(H,20,21). The van der Waals surface area contributed by atoms with Crippen molar-refractivity contribution in [1.29, 1.82) is 0 Å². The number of aromatic nitrogens is 4. The quantitative estimate of drug-likeness (QED) is 0.910. The summed E-state index contributed by atoms with van der Waals surface area (Å²) in [5, 5.41) is 21.4. The van der Waals surface area contributed by atoms with E-state index in [1.165, 1.54) is 4.68 Å². The largest absolute Gasteiger partial charge is 0.481 e. The Morgan fingerprint density at radius 3 is 2.48 bits per heavy atom. The average molecular weight is 329 g/mol. The summed E-state index contributed by atoms with van der Waals surface area (Å²) in [6.45, 7) is 3.82. The summed E-state index contributed by atoms with van der Waals surface area (Å²) < 4.78 is 1.48. The summed E-state index contributed by atoms with van der Waals surface area (Å²) in [5.41, 5.74) is 0.502. The van der Waals surface area contributed by atoms with E-state index in [4.69, 9.17) is 28.3 Å². The van der Waals surface area contributed by atoms with Crippen LogP contribution >= 0.6 is 23.2 Å². The molecule has 0 bridgehead atoms. The van der Waals surface area contributed by atoms with Gasteiger partial charge >= 0.3 is 5.97 Å². The maximum absolute atomic E-state index is 11.1. The van der Waals surface area contributed by atoms with Gasteiger partial charge in [0.25, 0.3) is 0 Å². The van der Waals surface area contributed by atoms with E-state index < -0.39 is 5.97 Å². The van der Waals surface area contributed by atoms with Crippen molar-refractivity contribution in [3.8, 4) is 11.4 Å². The molecule has 0 saturated carbocycles. The lowest BCUT2D eigenvalue weighted by Crippen LogP contribution is -2.21. The summed E-state index contributed by atoms with van der Waals surface area (Å²) in [6, 6.07) is 4.70. The van der Waals surface area contributed by atoms with Crippen LogP contribution in [0, 0.1) is 5.92 Å². The molecule has 0 aliphatic carbocycles. The topological polar surface area (TPSA) is 80.9 Å². The lowest BCUT2D eigenvalue weighted by Gasteiger charge is -2.20. The van der Waals surface area contributed by atoms with E-state index in [-0.39, 0.29) is 18.4 Å². The number of hydrogen-bond acceptors (Lipinski definition) is 4. The van der Waals surface area contributed by atoms with E-state index in [1.54, 1.807) is 18.2 Å². The van der Waals surface area contributed by atoms with Crippen LogP contribution < -0.4 is 0 Å². The van der Waals surface area contributed by atoms with Gasteiger partial charge in [0.2, 0.25) is 0 Å². The maximum Gasteiger partial charge on any atom is 0.305 e. The van der Waals surface area contributed by atoms with Gasteiger partial charge in [-0.2, -0.15) is 0 Å². The first-order valence-corrected chi connectivity index (χ1v) is 7.11. The molecular formula is C13H14Cl2N4O2. The van der Waals surface area contributed by atoms with Crippen molar-refractivity contribution in [3.63, 3.8) is 0 Å². The van der Waals surface area contributed by atoms with Crippen LogP contribution in [0.5, 0.6) is 0 Å². The molecule has 2 aromatic rings. The summed E-state index contributed by atoms with van der Waals surface area (Å²) in [7, 11) is 0. The molecule has 1 aromatic heterocycles. The molecule has 0 amide bonds. The molecule has 6 nitrogen and oxygen atoms in total. The molecule has 0 spiro atoms. The number of aliphatic carboxylic acids is 1. The Morgan fingerprint density at radius 1 is 1.33 bits per heavy atom. The minimum Gasteiger partial charge on any atom is -0.481 e. The van der Waals surface area contributed by atoms with Crippen molar-refractivity contribution in [1.82, 2.24) is 20.2 Å². The number of carboxylic acid groups (broad SMARTS) is 1. The molecule has 2 rings (SSSR count). The van der Waals surface area contributed by atoms with Gasteiger partial charge in [0, 0.05) is 0 Å². The Kier molecular flexibility index (Phi) is 4.80. The maximum atomic E-state index is 11.1. The monoisotopic (exact) mass is 328 g/mol. The summed E-state index contributed by atoms with van der Waals surface area (Å²) in [6.07, 6.45) is -0.0855. The lowest BCUT2D eigenvalue weighted by molar-refractivity contribution is -0.138. The van der Waals surface area contributed by atoms with E-state index in [9.17, 15) is 4.79 Å². The number of nitrogens with zero attached hydrogens (tertiary/aromatic N) is 4. The van der Waals surface area contributed by atoms with Gasteiger partial charge in [0.05, 0.1) is 28.1 Å². The Hall–Kier alpha value is -1.66. The van der Waals surface area contributed by atoms with Gasteiger partial charge in [-0.05, 0) is 28.5 Å². The van der Waals surface area contributed by atoms with Crippen molar-refractivity contribution >= 4 is 29.2 Å². The smallest absolute Gasteiger partial charge is 0.305 e. The predicted octanol–water partition coefficient (Wildman–Crippen LogP) is 3.32. The zero-order valence-corrected chi connectivity index (χ0v) is 13.0. The number of carbonyl (C=O) groups is 1. The van der Waals surface area contributed by atoms with Gasteiger partial charge < -0.3 is 5.11 Å². The Morgan fingerprint density at radius 2 is 1.95 bits per heavy atom. The van der Waals surface area contributed by atoms with Crippen molar-refractivity contribution in [2.45, 2.75) is 26.3 Å². The Balaban J connectivity index is 2.54. The molecule has 112 valence electrons. The lowest BCUT2D eigenvalue weighted by atomic mass is 10.0. The molecule has 0 fully saturated rings. The third-order valence-electron chi connectivity index (χ3n) is 3.15. The highest BCUT2D eigenvalue weighted by Gasteiger charge is 2.26. The highest BCUT2D eigenvalue weighted by atomic mass is 35.5. The molecule has 0 saturated heterocycles. The van der Waals surface area contributed by atoms with Crippen LogP contribution in [-0.4, -0.2) is 31.3 Å². The minimum absolute atomic E-state index is 0.0320. The first kappa shape index (κ1) is 15.7. The van der Waals surface area contributed by atoms with Crippen LogP contribution in [0.15, 0.2) is 18.2 Å². The van der Waals surface area contributed by atoms with E-state index in [0.29, 0.717) is 21.4 Å². The van der Waals surface area contributed by atoms with Crippen molar-refractivity contribution in [2.75, 3.05) is 0 Å². The van der Waals surface area contributed by atoms with Crippen LogP contribution in [0.3, 0.4) is 0 Å². The SMILES string of the molecule is CC(C)C(CC(=O)O)n1nnnc1-c1c(Cl)cccc1Cl. The van der Waals surface area contributed by atoms with Gasteiger partial charge in [-0.25, -0.2) is 4.68 Å². The first-order chi connectivity index (χ1) is 9.91. The third kappa shape index (κ3) is 3.33. The molecule has 0 aliphatic rings. The fraction of sp³-hybridized carbons (Fsp3) is 0.385. The third-order valence-corrected chi connectivity index (χ3v) is 3.78. The molecule has 1 heterocycles. The fourth-order valence-electron chi connectivity index (χ4n) is 2.08. The number of halogens is 2. The molecule has 0 aliphatic heterocycles. The highest BCUT2D eigenvalue weighted by molar-refractivity contribution is 6.38. The van der Waals surface area contributed by atoms with E-state index in [2.05, 4.69) is 15.5 Å². The number of benzene rings is 1. The van der Waals surface area contributed by atoms with Gasteiger partial charge in [-0.3, -0.25) is 4.79 Å². The molecular weight excluding hydrogens is 315 g/mol. The molecule has 0 radical (unpaired) electrons. The second-order valence-electron chi connectivity index (χ2n) is 4.95. The Labute approximate surface area is 131 Å². The summed E-state index contributed by atoms with van der Waals surface area (Å²) in [4.78, 5) is 11.1. The van der Waals surface area contributed by atoms with Crippen molar-refractivity contribution in [3.05, 3.63) is 28.2 Å². The van der Waals surface area contributed by atoms with E-state index >= 15 is 0 Å². The predicted molar refractivity (Wildman–Crippen MR) is 79.4 cm³/mol. The van der Waals surface area contributed by atoms with Gasteiger partial charge in [0.1, 0.15) is 0 Å². The normalized spacial score (nSPS) is 12.6. The fourth-order valence-corrected chi connectivity index (χ4v) is 2.64. The van der Waals surface area contributed by atoms with Crippen molar-refractivity contribution in [2.24, 2.45) is 5.92 Å². The molecule has 1 N–H and O–H groups in total. The number of tetrazole rings is 1. The zero-order valence-electron chi connectivity index (χ0n) is 11.5. The number of carboxylic acids is 1. The second kappa shape index (κ2) is 6.41. The molecule has 8 heteroatoms. The van der Waals surface area contributed by atoms with Crippen LogP contribution in [-0.2, 0) is 4.79 Å². The Bertz CT molecular complexity index is 637. The van der Waals surface area contributed by atoms with Gasteiger partial charge in [-0.1, -0.05) is 43.1 Å². The van der Waals surface area contributed by atoms with Crippen LogP contribution in [0.2, 0.25) is 10.0 Å². The van der Waals surface area contributed by atoms with E-state index in [0.717, 1.165) is 0 Å². The van der Waals surface area contributed by atoms with Crippen molar-refractivity contribution < 1.29 is 9.90 Å². The minimum atomic E-state index is -0.916. The molecule has 1 atom stereocenters. The summed E-state index contributed by atoms with van der Waals surface area (Å²) >= 11 is 12.3. The first-order valence-electron chi connectivity index (χ1n) is 6.35. The second-order valence-corrected chi connectivity index (χ2v) is 5.77. The van der Waals surface area contributed by atoms with Gasteiger partial charge in [0.15, 0.2) is 5.82 Å². The molecule has 21 heavy (non-hydrogen) atoms. The van der Waals surface area contributed by atoms with E-state index in [1.807, 2.05) is 13.8 Å². The molecule has 1 unspecified atom stereocenters.